The Kier molecular flexibility index (Phi) is 6.58. The van der Waals surface area contributed by atoms with E-state index < -0.39 is 0 Å². The highest BCUT2D eigenvalue weighted by molar-refractivity contribution is 5.78. The predicted molar refractivity (Wildman–Crippen MR) is 72.3 cm³/mol. The van der Waals surface area contributed by atoms with Crippen LogP contribution in [0.4, 0.5) is 0 Å². The first-order chi connectivity index (χ1) is 9.15. The van der Waals surface area contributed by atoms with E-state index in [1.165, 1.54) is 0 Å². The first-order valence-electron chi connectivity index (χ1n) is 6.13. The summed E-state index contributed by atoms with van der Waals surface area (Å²) in [5.41, 5.74) is 1.67. The summed E-state index contributed by atoms with van der Waals surface area (Å²) in [5.74, 6) is -0.0572. The van der Waals surface area contributed by atoms with Crippen LogP contribution in [0.25, 0.3) is 0 Å². The second-order valence-corrected chi connectivity index (χ2v) is 4.34. The Balaban J connectivity index is 2.26. The van der Waals surface area contributed by atoms with E-state index in [9.17, 15) is 4.79 Å². The summed E-state index contributed by atoms with van der Waals surface area (Å²) in [4.78, 5) is 11.5. The number of ether oxygens (including phenoxy) is 1. The quantitative estimate of drug-likeness (QED) is 0.761. The number of methoxy groups -OCH3 is 1. The molecule has 0 bridgehead atoms. The highest BCUT2D eigenvalue weighted by Crippen LogP contribution is 2.02. The number of nitriles is 1. The molecule has 0 radical (unpaired) electrons. The van der Waals surface area contributed by atoms with Crippen LogP contribution in [0, 0.1) is 11.3 Å². The van der Waals surface area contributed by atoms with Gasteiger partial charge in [-0.15, -0.1) is 0 Å². The molecule has 0 saturated carbocycles. The summed E-state index contributed by atoms with van der Waals surface area (Å²) >= 11 is 0. The molecule has 0 fully saturated rings. The largest absolute Gasteiger partial charge is 0.383 e. The third kappa shape index (κ3) is 6.00. The topological polar surface area (TPSA) is 74.2 Å². The van der Waals surface area contributed by atoms with E-state index in [4.69, 9.17) is 10.00 Å². The smallest absolute Gasteiger partial charge is 0.234 e. The number of nitrogens with one attached hydrogen (secondary N) is 2. The minimum absolute atomic E-state index is 0.00853. The summed E-state index contributed by atoms with van der Waals surface area (Å²) < 4.78 is 4.94. The lowest BCUT2D eigenvalue weighted by atomic mass is 10.1. The monoisotopic (exact) mass is 261 g/mol. The molecular formula is C14H19N3O2. The predicted octanol–water partition coefficient (Wildman–Crippen LogP) is 0.799. The third-order valence-corrected chi connectivity index (χ3v) is 2.52. The normalized spacial score (nSPS) is 11.6. The fourth-order valence-electron chi connectivity index (χ4n) is 1.64. The molecule has 0 aliphatic carbocycles. The summed E-state index contributed by atoms with van der Waals surface area (Å²) in [6.07, 6.45) is 0. The lowest BCUT2D eigenvalue weighted by Crippen LogP contribution is -2.40. The SMILES string of the molecule is COCC(C)NC(=O)CNCc1ccc(C#N)cc1. The first-order valence-corrected chi connectivity index (χ1v) is 6.13. The van der Waals surface area contributed by atoms with Gasteiger partial charge in [-0.1, -0.05) is 12.1 Å². The molecule has 1 rings (SSSR count). The van der Waals surface area contributed by atoms with E-state index in [1.54, 1.807) is 19.2 Å². The summed E-state index contributed by atoms with van der Waals surface area (Å²) in [6.45, 7) is 3.25. The number of benzene rings is 1. The van der Waals surface area contributed by atoms with Crippen molar-refractivity contribution < 1.29 is 9.53 Å². The zero-order chi connectivity index (χ0) is 14.1. The van der Waals surface area contributed by atoms with Gasteiger partial charge in [-0.2, -0.15) is 5.26 Å². The summed E-state index contributed by atoms with van der Waals surface area (Å²) in [7, 11) is 1.60. The molecule has 0 saturated heterocycles. The molecule has 0 spiro atoms. The molecule has 5 heteroatoms. The second kappa shape index (κ2) is 8.25. The van der Waals surface area contributed by atoms with Crippen molar-refractivity contribution in [3.8, 4) is 6.07 Å². The van der Waals surface area contributed by atoms with Crippen molar-refractivity contribution in [2.24, 2.45) is 0 Å². The van der Waals surface area contributed by atoms with Gasteiger partial charge in [0.25, 0.3) is 0 Å². The molecule has 1 aromatic carbocycles. The van der Waals surface area contributed by atoms with Crippen LogP contribution < -0.4 is 10.6 Å². The molecule has 19 heavy (non-hydrogen) atoms. The van der Waals surface area contributed by atoms with Gasteiger partial charge in [0.2, 0.25) is 5.91 Å². The van der Waals surface area contributed by atoms with Gasteiger partial charge in [-0.25, -0.2) is 0 Å². The number of hydrogen-bond acceptors (Lipinski definition) is 4. The van der Waals surface area contributed by atoms with Crippen LogP contribution in [0.1, 0.15) is 18.1 Å². The Labute approximate surface area is 113 Å². The third-order valence-electron chi connectivity index (χ3n) is 2.52. The number of carbonyl (C=O) groups is 1. The molecule has 1 atom stereocenters. The standard InChI is InChI=1S/C14H19N3O2/c1-11(10-19-2)17-14(18)9-16-8-13-5-3-12(7-15)4-6-13/h3-6,11,16H,8-10H2,1-2H3,(H,17,18). The Morgan fingerprint density at radius 1 is 1.42 bits per heavy atom. The highest BCUT2D eigenvalue weighted by atomic mass is 16.5. The minimum Gasteiger partial charge on any atom is -0.383 e. The van der Waals surface area contributed by atoms with Gasteiger partial charge in [0.05, 0.1) is 24.8 Å². The average Bonchev–Trinajstić information content (AvgIpc) is 2.39. The van der Waals surface area contributed by atoms with Crippen molar-refractivity contribution in [3.63, 3.8) is 0 Å². The van der Waals surface area contributed by atoms with Crippen LogP contribution in [0.5, 0.6) is 0 Å². The fraction of sp³-hybridized carbons (Fsp3) is 0.429. The van der Waals surface area contributed by atoms with Gasteiger partial charge in [0, 0.05) is 19.7 Å². The van der Waals surface area contributed by atoms with Gasteiger partial charge in [0.1, 0.15) is 0 Å². The van der Waals surface area contributed by atoms with Gasteiger partial charge in [-0.05, 0) is 24.6 Å². The van der Waals surface area contributed by atoms with Crippen molar-refractivity contribution in [1.82, 2.24) is 10.6 Å². The molecular weight excluding hydrogens is 242 g/mol. The van der Waals surface area contributed by atoms with Crippen LogP contribution in [-0.4, -0.2) is 32.2 Å². The number of amides is 1. The average molecular weight is 261 g/mol. The maximum Gasteiger partial charge on any atom is 0.234 e. The summed E-state index contributed by atoms with van der Waals surface area (Å²) in [5, 5.41) is 14.5. The second-order valence-electron chi connectivity index (χ2n) is 4.34. The molecule has 0 heterocycles. The van der Waals surface area contributed by atoms with Crippen LogP contribution >= 0.6 is 0 Å². The van der Waals surface area contributed by atoms with Crippen LogP contribution in [0.2, 0.25) is 0 Å². The molecule has 102 valence electrons. The number of carbonyl (C=O) groups excluding carboxylic acids is 1. The maximum absolute atomic E-state index is 11.5. The molecule has 1 aromatic rings. The lowest BCUT2D eigenvalue weighted by Gasteiger charge is -2.13. The molecule has 1 amide bonds. The fourth-order valence-corrected chi connectivity index (χ4v) is 1.64. The Hall–Kier alpha value is -1.90. The van der Waals surface area contributed by atoms with E-state index in [0.29, 0.717) is 18.7 Å². The highest BCUT2D eigenvalue weighted by Gasteiger charge is 2.06. The van der Waals surface area contributed by atoms with Crippen molar-refractivity contribution in [3.05, 3.63) is 35.4 Å². The first kappa shape index (κ1) is 15.2. The lowest BCUT2D eigenvalue weighted by molar-refractivity contribution is -0.121. The van der Waals surface area contributed by atoms with Crippen molar-refractivity contribution in [2.45, 2.75) is 19.5 Å². The van der Waals surface area contributed by atoms with E-state index in [2.05, 4.69) is 16.7 Å². The van der Waals surface area contributed by atoms with E-state index >= 15 is 0 Å². The maximum atomic E-state index is 11.5. The van der Waals surface area contributed by atoms with E-state index in [-0.39, 0.29) is 18.5 Å². The van der Waals surface area contributed by atoms with Crippen molar-refractivity contribution in [1.29, 1.82) is 5.26 Å². The number of rotatable bonds is 7. The Morgan fingerprint density at radius 3 is 2.68 bits per heavy atom. The molecule has 1 unspecified atom stereocenters. The zero-order valence-electron chi connectivity index (χ0n) is 11.3. The van der Waals surface area contributed by atoms with E-state index in [0.717, 1.165) is 5.56 Å². The van der Waals surface area contributed by atoms with Gasteiger partial charge in [0.15, 0.2) is 0 Å². The molecule has 0 aliphatic rings. The zero-order valence-corrected chi connectivity index (χ0v) is 11.3. The molecule has 0 aliphatic heterocycles. The van der Waals surface area contributed by atoms with Crippen LogP contribution in [0.15, 0.2) is 24.3 Å². The van der Waals surface area contributed by atoms with Gasteiger partial charge in [-0.3, -0.25) is 4.79 Å². The molecule has 2 N–H and O–H groups in total. The Bertz CT molecular complexity index is 437. The minimum atomic E-state index is -0.0572. The number of hydrogen-bond donors (Lipinski definition) is 2. The van der Waals surface area contributed by atoms with Crippen LogP contribution in [-0.2, 0) is 16.1 Å². The Morgan fingerprint density at radius 2 is 2.11 bits per heavy atom. The van der Waals surface area contributed by atoms with Crippen molar-refractivity contribution >= 4 is 5.91 Å². The molecule has 0 aromatic heterocycles. The van der Waals surface area contributed by atoms with Gasteiger partial charge < -0.3 is 15.4 Å². The van der Waals surface area contributed by atoms with Gasteiger partial charge >= 0.3 is 0 Å². The van der Waals surface area contributed by atoms with E-state index in [1.807, 2.05) is 19.1 Å². The number of nitrogens with zero attached hydrogens (tertiary/aromatic N) is 1. The van der Waals surface area contributed by atoms with Crippen LogP contribution in [0.3, 0.4) is 0 Å². The molecule has 5 nitrogen and oxygen atoms in total. The summed E-state index contributed by atoms with van der Waals surface area (Å²) in [6, 6.07) is 9.34. The van der Waals surface area contributed by atoms with Crippen molar-refractivity contribution in [2.75, 3.05) is 20.3 Å².